The molecule has 4 nitrogen and oxygen atoms in total. The Morgan fingerprint density at radius 2 is 2.40 bits per heavy atom. The summed E-state index contributed by atoms with van der Waals surface area (Å²) in [5.74, 6) is -0.128. The smallest absolute Gasteiger partial charge is 0.307 e. The molecule has 1 aromatic heterocycles. The lowest BCUT2D eigenvalue weighted by molar-refractivity contribution is -0.144. The van der Waals surface area contributed by atoms with Crippen molar-refractivity contribution in [3.8, 4) is 0 Å². The molecular formula is C11H18N2O2. The van der Waals surface area contributed by atoms with Gasteiger partial charge >= 0.3 is 5.97 Å². The van der Waals surface area contributed by atoms with Crippen molar-refractivity contribution in [2.24, 2.45) is 0 Å². The number of hydrogen-bond donors (Lipinski definition) is 0. The molecule has 0 saturated carbocycles. The Balaban J connectivity index is 2.20. The van der Waals surface area contributed by atoms with Crippen LogP contribution in [0.3, 0.4) is 0 Å². The average Bonchev–Trinajstić information content (AvgIpc) is 2.61. The number of aryl methyl sites for hydroxylation is 2. The summed E-state index contributed by atoms with van der Waals surface area (Å²) >= 11 is 0. The first-order chi connectivity index (χ1) is 7.24. The highest BCUT2D eigenvalue weighted by Gasteiger charge is 2.03. The summed E-state index contributed by atoms with van der Waals surface area (Å²) in [6, 6.07) is 0. The number of nitrogens with zero attached hydrogens (tertiary/aromatic N) is 2. The van der Waals surface area contributed by atoms with E-state index in [0.717, 1.165) is 18.5 Å². The molecule has 0 unspecified atom stereocenters. The van der Waals surface area contributed by atoms with E-state index in [4.69, 9.17) is 4.74 Å². The van der Waals surface area contributed by atoms with Crippen LogP contribution in [0.4, 0.5) is 0 Å². The van der Waals surface area contributed by atoms with Crippen LogP contribution in [0.1, 0.15) is 31.9 Å². The molecule has 0 N–H and O–H groups in total. The molecule has 1 heterocycles. The summed E-state index contributed by atoms with van der Waals surface area (Å²) < 4.78 is 6.99. The molecule has 4 heteroatoms. The van der Waals surface area contributed by atoms with Gasteiger partial charge in [0.1, 0.15) is 0 Å². The average molecular weight is 210 g/mol. The largest absolute Gasteiger partial charge is 0.466 e. The van der Waals surface area contributed by atoms with Gasteiger partial charge in [0.25, 0.3) is 0 Å². The Morgan fingerprint density at radius 1 is 1.60 bits per heavy atom. The normalized spacial score (nSPS) is 10.3. The predicted molar refractivity (Wildman–Crippen MR) is 57.4 cm³/mol. The van der Waals surface area contributed by atoms with Crippen LogP contribution in [-0.2, 0) is 16.1 Å². The number of unbranched alkanes of at least 4 members (excludes halogenated alkanes) is 1. The molecule has 0 atom stereocenters. The number of ether oxygens (including phenoxy) is 1. The first-order valence-corrected chi connectivity index (χ1v) is 5.36. The molecule has 0 aliphatic carbocycles. The fourth-order valence-corrected chi connectivity index (χ4v) is 1.24. The third-order valence-corrected chi connectivity index (χ3v) is 2.24. The lowest BCUT2D eigenvalue weighted by Crippen LogP contribution is -2.10. The number of esters is 1. The number of carbonyl (C=O) groups is 1. The van der Waals surface area contributed by atoms with Crippen molar-refractivity contribution in [3.05, 3.63) is 18.2 Å². The molecule has 0 amide bonds. The van der Waals surface area contributed by atoms with Gasteiger partial charge in [0, 0.05) is 18.4 Å². The zero-order valence-electron chi connectivity index (χ0n) is 9.40. The van der Waals surface area contributed by atoms with Gasteiger partial charge in [-0.15, -0.1) is 0 Å². The Labute approximate surface area is 90.3 Å². The Hall–Kier alpha value is -1.32. The molecule has 1 aromatic rings. The topological polar surface area (TPSA) is 44.1 Å². The standard InChI is InChI=1S/C11H18N2O2/c1-3-4-7-15-11(14)5-6-13-9-12-8-10(13)2/h8-9H,3-7H2,1-2H3. The van der Waals surface area contributed by atoms with E-state index in [9.17, 15) is 4.79 Å². The van der Waals surface area contributed by atoms with Crippen molar-refractivity contribution in [2.45, 2.75) is 39.7 Å². The highest BCUT2D eigenvalue weighted by Crippen LogP contribution is 2.00. The lowest BCUT2D eigenvalue weighted by atomic mass is 10.3. The van der Waals surface area contributed by atoms with Crippen LogP contribution >= 0.6 is 0 Å². The summed E-state index contributed by atoms with van der Waals surface area (Å²) in [6.45, 7) is 5.23. The lowest BCUT2D eigenvalue weighted by Gasteiger charge is -2.05. The molecular weight excluding hydrogens is 192 g/mol. The predicted octanol–water partition coefficient (Wildman–Crippen LogP) is 1.92. The van der Waals surface area contributed by atoms with E-state index in [-0.39, 0.29) is 5.97 Å². The maximum absolute atomic E-state index is 11.3. The van der Waals surface area contributed by atoms with Crippen LogP contribution < -0.4 is 0 Å². The van der Waals surface area contributed by atoms with Crippen LogP contribution in [0, 0.1) is 6.92 Å². The van der Waals surface area contributed by atoms with Crippen LogP contribution in [0.15, 0.2) is 12.5 Å². The second kappa shape index (κ2) is 6.22. The Morgan fingerprint density at radius 3 is 3.00 bits per heavy atom. The van der Waals surface area contributed by atoms with Gasteiger partial charge in [-0.25, -0.2) is 4.98 Å². The van der Waals surface area contributed by atoms with Gasteiger partial charge < -0.3 is 9.30 Å². The second-order valence-corrected chi connectivity index (χ2v) is 3.55. The summed E-state index contributed by atoms with van der Waals surface area (Å²) in [7, 11) is 0. The van der Waals surface area contributed by atoms with Gasteiger partial charge in [-0.05, 0) is 13.3 Å². The molecule has 0 aliphatic rings. The van der Waals surface area contributed by atoms with Crippen molar-refractivity contribution < 1.29 is 9.53 Å². The molecule has 84 valence electrons. The minimum atomic E-state index is -0.128. The molecule has 0 saturated heterocycles. The summed E-state index contributed by atoms with van der Waals surface area (Å²) in [5, 5.41) is 0. The highest BCUT2D eigenvalue weighted by molar-refractivity contribution is 5.69. The first kappa shape index (κ1) is 11.8. The monoisotopic (exact) mass is 210 g/mol. The maximum atomic E-state index is 11.3. The number of aromatic nitrogens is 2. The van der Waals surface area contributed by atoms with E-state index in [1.54, 1.807) is 12.5 Å². The van der Waals surface area contributed by atoms with Gasteiger partial charge in [-0.1, -0.05) is 13.3 Å². The molecule has 0 aromatic carbocycles. The molecule has 0 fully saturated rings. The molecule has 0 bridgehead atoms. The van der Waals surface area contributed by atoms with E-state index < -0.39 is 0 Å². The fraction of sp³-hybridized carbons (Fsp3) is 0.636. The molecule has 0 radical (unpaired) electrons. The van der Waals surface area contributed by atoms with Crippen LogP contribution in [0.25, 0.3) is 0 Å². The number of rotatable bonds is 6. The second-order valence-electron chi connectivity index (χ2n) is 3.55. The summed E-state index contributed by atoms with van der Waals surface area (Å²) in [6.07, 6.45) is 5.92. The highest BCUT2D eigenvalue weighted by atomic mass is 16.5. The third-order valence-electron chi connectivity index (χ3n) is 2.24. The Kier molecular flexibility index (Phi) is 4.87. The van der Waals surface area contributed by atoms with E-state index >= 15 is 0 Å². The van der Waals surface area contributed by atoms with E-state index in [2.05, 4.69) is 11.9 Å². The molecule has 0 aliphatic heterocycles. The van der Waals surface area contributed by atoms with Crippen molar-refractivity contribution >= 4 is 5.97 Å². The van der Waals surface area contributed by atoms with Crippen molar-refractivity contribution in [1.29, 1.82) is 0 Å². The first-order valence-electron chi connectivity index (χ1n) is 5.36. The number of carbonyl (C=O) groups excluding carboxylic acids is 1. The van der Waals surface area contributed by atoms with Gasteiger partial charge in [0.05, 0.1) is 19.4 Å². The fourth-order valence-electron chi connectivity index (χ4n) is 1.24. The quantitative estimate of drug-likeness (QED) is 0.532. The maximum Gasteiger partial charge on any atom is 0.307 e. The Bertz CT molecular complexity index is 307. The molecule has 1 rings (SSSR count). The van der Waals surface area contributed by atoms with Crippen molar-refractivity contribution in [3.63, 3.8) is 0 Å². The molecule has 15 heavy (non-hydrogen) atoms. The number of hydrogen-bond acceptors (Lipinski definition) is 3. The zero-order valence-corrected chi connectivity index (χ0v) is 9.40. The van der Waals surface area contributed by atoms with E-state index in [0.29, 0.717) is 19.6 Å². The van der Waals surface area contributed by atoms with Crippen LogP contribution in [0.5, 0.6) is 0 Å². The van der Waals surface area contributed by atoms with Crippen LogP contribution in [-0.4, -0.2) is 22.1 Å². The SMILES string of the molecule is CCCCOC(=O)CCn1cncc1C. The minimum absolute atomic E-state index is 0.128. The number of imidazole rings is 1. The zero-order chi connectivity index (χ0) is 11.1. The van der Waals surface area contributed by atoms with Gasteiger partial charge in [0.2, 0.25) is 0 Å². The van der Waals surface area contributed by atoms with Gasteiger partial charge in [-0.3, -0.25) is 4.79 Å². The van der Waals surface area contributed by atoms with Gasteiger partial charge in [-0.2, -0.15) is 0 Å². The van der Waals surface area contributed by atoms with Crippen molar-refractivity contribution in [2.75, 3.05) is 6.61 Å². The van der Waals surface area contributed by atoms with Gasteiger partial charge in [0.15, 0.2) is 0 Å². The van der Waals surface area contributed by atoms with E-state index in [1.807, 2.05) is 11.5 Å². The summed E-state index contributed by atoms with van der Waals surface area (Å²) in [4.78, 5) is 15.3. The van der Waals surface area contributed by atoms with Crippen molar-refractivity contribution in [1.82, 2.24) is 9.55 Å². The third kappa shape index (κ3) is 4.14. The molecule has 0 spiro atoms. The van der Waals surface area contributed by atoms with Crippen LogP contribution in [0.2, 0.25) is 0 Å². The van der Waals surface area contributed by atoms with E-state index in [1.165, 1.54) is 0 Å². The minimum Gasteiger partial charge on any atom is -0.466 e. The summed E-state index contributed by atoms with van der Waals surface area (Å²) in [5.41, 5.74) is 1.07.